The number of carbonyl (C=O) groups is 1. The lowest BCUT2D eigenvalue weighted by atomic mass is 10.3. The summed E-state index contributed by atoms with van der Waals surface area (Å²) in [7, 11) is 0. The van der Waals surface area contributed by atoms with E-state index in [0.717, 1.165) is 25.9 Å². The fraction of sp³-hybridized carbons (Fsp3) is 0.462. The first-order valence-corrected chi connectivity index (χ1v) is 6.17. The van der Waals surface area contributed by atoms with Crippen LogP contribution in [0.1, 0.15) is 24.8 Å². The number of pyridine rings is 1. The van der Waals surface area contributed by atoms with Gasteiger partial charge in [0.15, 0.2) is 0 Å². The lowest BCUT2D eigenvalue weighted by Crippen LogP contribution is -2.29. The van der Waals surface area contributed by atoms with Crippen molar-refractivity contribution < 1.29 is 4.79 Å². The first-order chi connectivity index (χ1) is 8.79. The fourth-order valence-corrected chi connectivity index (χ4v) is 1.99. The van der Waals surface area contributed by atoms with Crippen LogP contribution in [0, 0.1) is 11.3 Å². The van der Waals surface area contributed by atoms with Crippen molar-refractivity contribution in [3.05, 3.63) is 23.9 Å². The SMILES string of the molecule is N#Cc1ccc(NCCC(=O)N2CCCC2)nc1. The van der Waals surface area contributed by atoms with Crippen LogP contribution in [0.3, 0.4) is 0 Å². The molecule has 0 bridgehead atoms. The molecule has 1 saturated heterocycles. The molecule has 1 amide bonds. The summed E-state index contributed by atoms with van der Waals surface area (Å²) in [4.78, 5) is 17.8. The summed E-state index contributed by atoms with van der Waals surface area (Å²) >= 11 is 0. The maximum Gasteiger partial charge on any atom is 0.224 e. The Balaban J connectivity index is 1.74. The van der Waals surface area contributed by atoms with Gasteiger partial charge in [0.05, 0.1) is 5.56 Å². The number of aromatic nitrogens is 1. The van der Waals surface area contributed by atoms with Crippen molar-refractivity contribution in [3.63, 3.8) is 0 Å². The molecule has 5 nitrogen and oxygen atoms in total. The maximum absolute atomic E-state index is 11.8. The minimum atomic E-state index is 0.202. The normalized spacial score (nSPS) is 14.3. The average molecular weight is 244 g/mol. The van der Waals surface area contributed by atoms with Crippen LogP contribution in [-0.4, -0.2) is 35.4 Å². The number of rotatable bonds is 4. The van der Waals surface area contributed by atoms with E-state index in [2.05, 4.69) is 10.3 Å². The van der Waals surface area contributed by atoms with Gasteiger partial charge in [0.1, 0.15) is 11.9 Å². The van der Waals surface area contributed by atoms with E-state index in [1.54, 1.807) is 12.1 Å². The fourth-order valence-electron chi connectivity index (χ4n) is 1.99. The minimum Gasteiger partial charge on any atom is -0.370 e. The van der Waals surface area contributed by atoms with Gasteiger partial charge in [-0.3, -0.25) is 4.79 Å². The third kappa shape index (κ3) is 3.20. The van der Waals surface area contributed by atoms with E-state index in [1.165, 1.54) is 6.20 Å². The van der Waals surface area contributed by atoms with Crippen molar-refractivity contribution in [2.75, 3.05) is 25.0 Å². The van der Waals surface area contributed by atoms with Crippen molar-refractivity contribution in [1.29, 1.82) is 5.26 Å². The molecule has 1 fully saturated rings. The third-order valence-corrected chi connectivity index (χ3v) is 3.00. The Morgan fingerprint density at radius 1 is 1.44 bits per heavy atom. The predicted molar refractivity (Wildman–Crippen MR) is 67.9 cm³/mol. The molecule has 18 heavy (non-hydrogen) atoms. The van der Waals surface area contributed by atoms with E-state index >= 15 is 0 Å². The van der Waals surface area contributed by atoms with E-state index in [0.29, 0.717) is 24.3 Å². The number of hydrogen-bond donors (Lipinski definition) is 1. The molecule has 0 aromatic carbocycles. The largest absolute Gasteiger partial charge is 0.370 e. The van der Waals surface area contributed by atoms with Crippen LogP contribution in [0.5, 0.6) is 0 Å². The number of carbonyl (C=O) groups excluding carboxylic acids is 1. The zero-order valence-corrected chi connectivity index (χ0v) is 10.2. The van der Waals surface area contributed by atoms with E-state index in [-0.39, 0.29) is 5.91 Å². The van der Waals surface area contributed by atoms with Crippen molar-refractivity contribution in [2.45, 2.75) is 19.3 Å². The zero-order chi connectivity index (χ0) is 12.8. The summed E-state index contributed by atoms with van der Waals surface area (Å²) in [5.41, 5.74) is 0.536. The van der Waals surface area contributed by atoms with Gasteiger partial charge < -0.3 is 10.2 Å². The molecule has 2 rings (SSSR count). The van der Waals surface area contributed by atoms with Gasteiger partial charge in [-0.1, -0.05) is 0 Å². The van der Waals surface area contributed by atoms with Crippen molar-refractivity contribution in [2.24, 2.45) is 0 Å². The highest BCUT2D eigenvalue weighted by Crippen LogP contribution is 2.09. The van der Waals surface area contributed by atoms with Crippen molar-refractivity contribution in [3.8, 4) is 6.07 Å². The van der Waals surface area contributed by atoms with Crippen molar-refractivity contribution >= 4 is 11.7 Å². The smallest absolute Gasteiger partial charge is 0.224 e. The van der Waals surface area contributed by atoms with Crippen LogP contribution in [0.25, 0.3) is 0 Å². The molecule has 0 unspecified atom stereocenters. The van der Waals surface area contributed by atoms with Gasteiger partial charge in [0.2, 0.25) is 5.91 Å². The molecule has 5 heteroatoms. The standard InChI is InChI=1S/C13H16N4O/c14-9-11-3-4-12(16-10-11)15-6-5-13(18)17-7-1-2-8-17/h3-4,10H,1-2,5-8H2,(H,15,16). The van der Waals surface area contributed by atoms with Gasteiger partial charge in [-0.05, 0) is 25.0 Å². The molecular formula is C13H16N4O. The number of amides is 1. The monoisotopic (exact) mass is 244 g/mol. The molecule has 0 saturated carbocycles. The van der Waals surface area contributed by atoms with Crippen LogP contribution >= 0.6 is 0 Å². The molecule has 94 valence electrons. The quantitative estimate of drug-likeness (QED) is 0.868. The van der Waals surface area contributed by atoms with Crippen LogP contribution in [0.4, 0.5) is 5.82 Å². The second-order valence-electron chi connectivity index (χ2n) is 4.31. The summed E-state index contributed by atoms with van der Waals surface area (Å²) in [6.07, 6.45) is 4.25. The number of nitrogens with zero attached hydrogens (tertiary/aromatic N) is 3. The van der Waals surface area contributed by atoms with E-state index in [9.17, 15) is 4.79 Å². The first-order valence-electron chi connectivity index (χ1n) is 6.17. The molecule has 2 heterocycles. The van der Waals surface area contributed by atoms with E-state index in [1.807, 2.05) is 11.0 Å². The number of hydrogen-bond acceptors (Lipinski definition) is 4. The van der Waals surface area contributed by atoms with Gasteiger partial charge in [-0.2, -0.15) is 5.26 Å². The Kier molecular flexibility index (Phi) is 4.13. The lowest BCUT2D eigenvalue weighted by Gasteiger charge is -2.15. The van der Waals surface area contributed by atoms with E-state index in [4.69, 9.17) is 5.26 Å². The Bertz CT molecular complexity index is 443. The molecule has 1 aromatic heterocycles. The number of nitrogens with one attached hydrogen (secondary N) is 1. The van der Waals surface area contributed by atoms with Gasteiger partial charge in [0.25, 0.3) is 0 Å². The third-order valence-electron chi connectivity index (χ3n) is 3.00. The summed E-state index contributed by atoms with van der Waals surface area (Å²) in [6.45, 7) is 2.37. The lowest BCUT2D eigenvalue weighted by molar-refractivity contribution is -0.129. The molecule has 0 atom stereocenters. The molecular weight excluding hydrogens is 228 g/mol. The van der Waals surface area contributed by atoms with Gasteiger partial charge in [-0.25, -0.2) is 4.98 Å². The summed E-state index contributed by atoms with van der Waals surface area (Å²) in [5, 5.41) is 11.7. The van der Waals surface area contributed by atoms with Gasteiger partial charge >= 0.3 is 0 Å². The molecule has 1 N–H and O–H groups in total. The zero-order valence-electron chi connectivity index (χ0n) is 10.2. The topological polar surface area (TPSA) is 69.0 Å². The first kappa shape index (κ1) is 12.4. The highest BCUT2D eigenvalue weighted by molar-refractivity contribution is 5.76. The van der Waals surface area contributed by atoms with E-state index < -0.39 is 0 Å². The molecule has 1 aliphatic rings. The van der Waals surface area contributed by atoms with Gasteiger partial charge in [-0.15, -0.1) is 0 Å². The van der Waals surface area contributed by atoms with Gasteiger partial charge in [0, 0.05) is 32.3 Å². The second kappa shape index (κ2) is 6.01. The highest BCUT2D eigenvalue weighted by Gasteiger charge is 2.16. The summed E-state index contributed by atoms with van der Waals surface area (Å²) in [5.74, 6) is 0.900. The summed E-state index contributed by atoms with van der Waals surface area (Å²) < 4.78 is 0. The molecule has 0 aliphatic carbocycles. The average Bonchev–Trinajstić information content (AvgIpc) is 2.93. The second-order valence-corrected chi connectivity index (χ2v) is 4.31. The minimum absolute atomic E-state index is 0.202. The number of likely N-dealkylation sites (tertiary alicyclic amines) is 1. The molecule has 0 radical (unpaired) electrons. The Morgan fingerprint density at radius 3 is 2.83 bits per heavy atom. The molecule has 1 aromatic rings. The van der Waals surface area contributed by atoms with Crippen LogP contribution in [0.15, 0.2) is 18.3 Å². The van der Waals surface area contributed by atoms with Crippen LogP contribution < -0.4 is 5.32 Å². The van der Waals surface area contributed by atoms with Crippen LogP contribution in [0.2, 0.25) is 0 Å². The Labute approximate surface area is 106 Å². The number of anilines is 1. The molecule has 1 aliphatic heterocycles. The van der Waals surface area contributed by atoms with Crippen molar-refractivity contribution in [1.82, 2.24) is 9.88 Å². The highest BCUT2D eigenvalue weighted by atomic mass is 16.2. The Hall–Kier alpha value is -2.09. The predicted octanol–water partition coefficient (Wildman–Crippen LogP) is 1.38. The Morgan fingerprint density at radius 2 is 2.22 bits per heavy atom. The molecule has 0 spiro atoms. The maximum atomic E-state index is 11.8. The number of nitriles is 1. The summed E-state index contributed by atoms with van der Waals surface area (Å²) in [6, 6.07) is 5.47. The van der Waals surface area contributed by atoms with Crippen LogP contribution in [-0.2, 0) is 4.79 Å².